The maximum atomic E-state index is 12.1. The van der Waals surface area contributed by atoms with Crippen LogP contribution in [0.3, 0.4) is 0 Å². The second kappa shape index (κ2) is 4.34. The Bertz CT molecular complexity index is 223. The van der Waals surface area contributed by atoms with E-state index in [1.165, 1.54) is 0 Å². The van der Waals surface area contributed by atoms with E-state index in [1.54, 1.807) is 0 Å². The molecule has 0 bridgehead atoms. The van der Waals surface area contributed by atoms with Crippen molar-refractivity contribution in [2.45, 2.75) is 33.2 Å². The van der Waals surface area contributed by atoms with Crippen LogP contribution in [0.25, 0.3) is 0 Å². The van der Waals surface area contributed by atoms with E-state index in [-0.39, 0.29) is 5.54 Å². The van der Waals surface area contributed by atoms with E-state index in [4.69, 9.17) is 4.52 Å². The minimum atomic E-state index is -2.26. The molecule has 0 atom stereocenters. The zero-order chi connectivity index (χ0) is 10.8. The highest BCUT2D eigenvalue weighted by Crippen LogP contribution is 2.49. The van der Waals surface area contributed by atoms with E-state index >= 15 is 0 Å². The molecule has 1 rings (SSSR count). The third-order valence-corrected chi connectivity index (χ3v) is 5.23. The molecule has 84 valence electrons. The van der Waals surface area contributed by atoms with E-state index in [9.17, 15) is 4.57 Å². The summed E-state index contributed by atoms with van der Waals surface area (Å²) >= 11 is 0. The molecule has 0 saturated carbocycles. The minimum Gasteiger partial charge on any atom is -0.329 e. The first-order chi connectivity index (χ1) is 6.37. The first-order valence-corrected chi connectivity index (χ1v) is 7.34. The molecule has 14 heavy (non-hydrogen) atoms. The molecule has 1 aliphatic rings. The Morgan fingerprint density at radius 2 is 1.79 bits per heavy atom. The molecule has 0 radical (unpaired) electrons. The molecule has 1 fully saturated rings. The lowest BCUT2D eigenvalue weighted by Gasteiger charge is -2.40. The maximum Gasteiger partial charge on any atom is 0.205 e. The summed E-state index contributed by atoms with van der Waals surface area (Å²) in [6.07, 6.45) is 1.44. The standard InChI is InChI=1S/C10H22NO2P/c1-5-13-14(12)8-6-11(7-9-14)10(2,3)4/h5-9H2,1-4H3. The van der Waals surface area contributed by atoms with E-state index < -0.39 is 7.37 Å². The summed E-state index contributed by atoms with van der Waals surface area (Å²) in [4.78, 5) is 2.38. The van der Waals surface area contributed by atoms with Gasteiger partial charge in [-0.25, -0.2) is 0 Å². The molecule has 0 aliphatic carbocycles. The molecule has 3 nitrogen and oxygen atoms in total. The molecule has 0 spiro atoms. The zero-order valence-electron chi connectivity index (χ0n) is 9.75. The summed E-state index contributed by atoms with van der Waals surface area (Å²) in [5, 5.41) is 0. The molecule has 0 aromatic heterocycles. The summed E-state index contributed by atoms with van der Waals surface area (Å²) in [6, 6.07) is 0. The van der Waals surface area contributed by atoms with E-state index in [0.717, 1.165) is 25.4 Å². The van der Waals surface area contributed by atoms with Gasteiger partial charge in [0.15, 0.2) is 0 Å². The highest BCUT2D eigenvalue weighted by molar-refractivity contribution is 7.59. The lowest BCUT2D eigenvalue weighted by molar-refractivity contribution is 0.144. The second-order valence-corrected chi connectivity index (χ2v) is 7.62. The van der Waals surface area contributed by atoms with Gasteiger partial charge in [0, 0.05) is 31.0 Å². The van der Waals surface area contributed by atoms with Gasteiger partial charge in [-0.2, -0.15) is 0 Å². The highest BCUT2D eigenvalue weighted by atomic mass is 31.2. The Balaban J connectivity index is 2.50. The Kier molecular flexibility index (Phi) is 3.79. The van der Waals surface area contributed by atoms with Crippen molar-refractivity contribution in [2.75, 3.05) is 32.0 Å². The predicted octanol–water partition coefficient (Wildman–Crippen LogP) is 2.42. The lowest BCUT2D eigenvalue weighted by atomic mass is 10.1. The van der Waals surface area contributed by atoms with E-state index in [1.807, 2.05) is 6.92 Å². The van der Waals surface area contributed by atoms with Crippen LogP contribution in [0.1, 0.15) is 27.7 Å². The second-order valence-electron chi connectivity index (χ2n) is 4.84. The van der Waals surface area contributed by atoms with Crippen LogP contribution in [0.2, 0.25) is 0 Å². The summed E-state index contributed by atoms with van der Waals surface area (Å²) < 4.78 is 17.4. The topological polar surface area (TPSA) is 29.5 Å². The van der Waals surface area contributed by atoms with Gasteiger partial charge in [0.25, 0.3) is 0 Å². The minimum absolute atomic E-state index is 0.192. The Labute approximate surface area is 87.3 Å². The van der Waals surface area contributed by atoms with Crippen LogP contribution in [0.5, 0.6) is 0 Å². The van der Waals surface area contributed by atoms with Crippen LogP contribution in [0.15, 0.2) is 0 Å². The normalized spacial score (nSPS) is 23.7. The van der Waals surface area contributed by atoms with Crippen molar-refractivity contribution < 1.29 is 9.09 Å². The molecule has 0 amide bonds. The van der Waals surface area contributed by atoms with Crippen LogP contribution in [0.4, 0.5) is 0 Å². The Morgan fingerprint density at radius 3 is 2.14 bits per heavy atom. The molecule has 1 heterocycles. The van der Waals surface area contributed by atoms with Crippen LogP contribution < -0.4 is 0 Å². The van der Waals surface area contributed by atoms with Gasteiger partial charge < -0.3 is 4.52 Å². The summed E-state index contributed by atoms with van der Waals surface area (Å²) in [7, 11) is -2.26. The summed E-state index contributed by atoms with van der Waals surface area (Å²) in [6.45, 7) is 10.9. The quantitative estimate of drug-likeness (QED) is 0.668. The molecule has 1 saturated heterocycles. The number of hydrogen-bond donors (Lipinski definition) is 0. The highest BCUT2D eigenvalue weighted by Gasteiger charge is 2.33. The van der Waals surface area contributed by atoms with Crippen LogP contribution in [-0.4, -0.2) is 42.5 Å². The SMILES string of the molecule is CCOP1(=O)CCN(C(C)(C)C)CC1. The third-order valence-electron chi connectivity index (χ3n) is 2.73. The monoisotopic (exact) mass is 219 g/mol. The fraction of sp³-hybridized carbons (Fsp3) is 1.00. The first-order valence-electron chi connectivity index (χ1n) is 5.35. The predicted molar refractivity (Wildman–Crippen MR) is 60.3 cm³/mol. The van der Waals surface area contributed by atoms with Crippen molar-refractivity contribution in [3.05, 3.63) is 0 Å². The largest absolute Gasteiger partial charge is 0.329 e. The van der Waals surface area contributed by atoms with Crippen molar-refractivity contribution >= 4 is 7.37 Å². The third kappa shape index (κ3) is 3.08. The van der Waals surface area contributed by atoms with Crippen LogP contribution >= 0.6 is 7.37 Å². The average Bonchev–Trinajstić information content (AvgIpc) is 2.03. The van der Waals surface area contributed by atoms with E-state index in [0.29, 0.717) is 6.61 Å². The van der Waals surface area contributed by atoms with Crippen molar-refractivity contribution in [1.29, 1.82) is 0 Å². The van der Waals surface area contributed by atoms with Gasteiger partial charge in [-0.15, -0.1) is 0 Å². The molecular formula is C10H22NO2P. The molecule has 0 N–H and O–H groups in total. The molecule has 1 aliphatic heterocycles. The fourth-order valence-electron chi connectivity index (χ4n) is 1.80. The van der Waals surface area contributed by atoms with Crippen LogP contribution in [-0.2, 0) is 9.09 Å². The Hall–Kier alpha value is 0.150. The van der Waals surface area contributed by atoms with Crippen molar-refractivity contribution in [3.8, 4) is 0 Å². The zero-order valence-corrected chi connectivity index (χ0v) is 10.6. The van der Waals surface area contributed by atoms with Gasteiger partial charge in [-0.3, -0.25) is 9.46 Å². The van der Waals surface area contributed by atoms with Gasteiger partial charge in [-0.1, -0.05) is 0 Å². The van der Waals surface area contributed by atoms with Crippen molar-refractivity contribution in [3.63, 3.8) is 0 Å². The van der Waals surface area contributed by atoms with Gasteiger partial charge >= 0.3 is 0 Å². The smallest absolute Gasteiger partial charge is 0.205 e. The molecule has 4 heteroatoms. The van der Waals surface area contributed by atoms with Gasteiger partial charge in [0.05, 0.1) is 6.61 Å². The molecule has 0 aromatic carbocycles. The van der Waals surface area contributed by atoms with Crippen molar-refractivity contribution in [1.82, 2.24) is 4.90 Å². The average molecular weight is 219 g/mol. The summed E-state index contributed by atoms with van der Waals surface area (Å²) in [5.41, 5.74) is 0.192. The molecule has 0 aromatic rings. The van der Waals surface area contributed by atoms with Gasteiger partial charge in [0.2, 0.25) is 7.37 Å². The first kappa shape index (κ1) is 12.2. The molecular weight excluding hydrogens is 197 g/mol. The van der Waals surface area contributed by atoms with E-state index in [2.05, 4.69) is 25.7 Å². The van der Waals surface area contributed by atoms with Gasteiger partial charge in [0.1, 0.15) is 0 Å². The lowest BCUT2D eigenvalue weighted by Crippen LogP contribution is -2.47. The Morgan fingerprint density at radius 1 is 1.29 bits per heavy atom. The summed E-state index contributed by atoms with van der Waals surface area (Å²) in [5.74, 6) is 0. The number of nitrogens with zero attached hydrogens (tertiary/aromatic N) is 1. The maximum absolute atomic E-state index is 12.1. The number of hydrogen-bond acceptors (Lipinski definition) is 3. The fourth-order valence-corrected chi connectivity index (χ4v) is 3.85. The van der Waals surface area contributed by atoms with Crippen molar-refractivity contribution in [2.24, 2.45) is 0 Å². The molecule has 0 unspecified atom stereocenters. The van der Waals surface area contributed by atoms with Crippen LogP contribution in [0, 0.1) is 0 Å². The van der Waals surface area contributed by atoms with Gasteiger partial charge in [-0.05, 0) is 27.7 Å². The number of rotatable bonds is 2.